The highest BCUT2D eigenvalue weighted by Crippen LogP contribution is 2.33. The summed E-state index contributed by atoms with van der Waals surface area (Å²) in [6.45, 7) is 0.648. The second-order valence-electron chi connectivity index (χ2n) is 7.16. The number of anilines is 1. The van der Waals surface area contributed by atoms with Crippen molar-refractivity contribution in [3.63, 3.8) is 0 Å². The van der Waals surface area contributed by atoms with Crippen LogP contribution in [-0.4, -0.2) is 15.7 Å². The van der Waals surface area contributed by atoms with Crippen LogP contribution in [0, 0.1) is 5.92 Å². The molecule has 2 heterocycles. The zero-order chi connectivity index (χ0) is 16.5. The van der Waals surface area contributed by atoms with E-state index < -0.39 is 0 Å². The van der Waals surface area contributed by atoms with Crippen LogP contribution in [-0.2, 0) is 24.8 Å². The Balaban J connectivity index is 1.72. The van der Waals surface area contributed by atoms with Gasteiger partial charge in [0.25, 0.3) is 0 Å². The zero-order valence-corrected chi connectivity index (χ0v) is 14.4. The van der Waals surface area contributed by atoms with E-state index in [1.54, 1.807) is 0 Å². The van der Waals surface area contributed by atoms with Crippen molar-refractivity contribution in [3.8, 4) is 0 Å². The molecule has 1 aromatic carbocycles. The molecule has 0 saturated heterocycles. The van der Waals surface area contributed by atoms with Crippen LogP contribution in [0.15, 0.2) is 30.5 Å². The third-order valence-electron chi connectivity index (χ3n) is 5.59. The second kappa shape index (κ2) is 6.42. The third kappa shape index (κ3) is 2.74. The molecule has 0 radical (unpaired) electrons. The number of para-hydroxylation sites is 1. The van der Waals surface area contributed by atoms with Gasteiger partial charge in [-0.3, -0.25) is 9.48 Å². The Kier molecular flexibility index (Phi) is 4.13. The summed E-state index contributed by atoms with van der Waals surface area (Å²) in [5.41, 5.74) is 4.71. The number of carbonyl (C=O) groups excluding carboxylic acids is 1. The molecule has 0 N–H and O–H groups in total. The fourth-order valence-electron chi connectivity index (χ4n) is 4.17. The fraction of sp³-hybridized carbons (Fsp3) is 0.500. The van der Waals surface area contributed by atoms with Gasteiger partial charge in [0.1, 0.15) is 0 Å². The highest BCUT2D eigenvalue weighted by Gasteiger charge is 2.30. The predicted molar refractivity (Wildman–Crippen MR) is 94.8 cm³/mol. The minimum absolute atomic E-state index is 0.179. The SMILES string of the molecule is Cn1ncc2c1Cc1ccccc1N(C(=O)C1CCCCCC1)C2. The van der Waals surface area contributed by atoms with Crippen molar-refractivity contribution < 1.29 is 4.79 Å². The molecule has 0 spiro atoms. The smallest absolute Gasteiger partial charge is 0.230 e. The molecule has 4 rings (SSSR count). The monoisotopic (exact) mass is 323 g/mol. The summed E-state index contributed by atoms with van der Waals surface area (Å²) >= 11 is 0. The molecule has 0 unspecified atom stereocenters. The van der Waals surface area contributed by atoms with Crippen molar-refractivity contribution in [2.24, 2.45) is 13.0 Å². The van der Waals surface area contributed by atoms with Crippen molar-refractivity contribution in [2.75, 3.05) is 4.90 Å². The summed E-state index contributed by atoms with van der Waals surface area (Å²) in [6.07, 6.45) is 9.76. The lowest BCUT2D eigenvalue weighted by molar-refractivity contribution is -0.122. The van der Waals surface area contributed by atoms with E-state index in [9.17, 15) is 4.79 Å². The Morgan fingerprint density at radius 3 is 2.62 bits per heavy atom. The van der Waals surface area contributed by atoms with Gasteiger partial charge in [0.15, 0.2) is 0 Å². The molecule has 2 aromatic rings. The fourth-order valence-corrected chi connectivity index (χ4v) is 4.17. The Morgan fingerprint density at radius 1 is 1.08 bits per heavy atom. The van der Waals surface area contributed by atoms with Crippen LogP contribution < -0.4 is 4.90 Å². The van der Waals surface area contributed by atoms with Crippen molar-refractivity contribution in [1.29, 1.82) is 0 Å². The summed E-state index contributed by atoms with van der Waals surface area (Å²) < 4.78 is 1.95. The van der Waals surface area contributed by atoms with Crippen molar-refractivity contribution >= 4 is 11.6 Å². The Morgan fingerprint density at radius 2 is 1.83 bits per heavy atom. The molecule has 1 aliphatic heterocycles. The number of benzene rings is 1. The van der Waals surface area contributed by atoms with Crippen LogP contribution >= 0.6 is 0 Å². The van der Waals surface area contributed by atoms with Gasteiger partial charge in [0.2, 0.25) is 5.91 Å². The molecule has 4 nitrogen and oxygen atoms in total. The van der Waals surface area contributed by atoms with Crippen molar-refractivity contribution in [2.45, 2.75) is 51.5 Å². The molecule has 1 aliphatic carbocycles. The number of aromatic nitrogens is 2. The molecule has 1 amide bonds. The van der Waals surface area contributed by atoms with Gasteiger partial charge in [-0.05, 0) is 24.5 Å². The van der Waals surface area contributed by atoms with Crippen LogP contribution in [0.5, 0.6) is 0 Å². The molecular formula is C20H25N3O. The maximum atomic E-state index is 13.3. The van der Waals surface area contributed by atoms with Crippen LogP contribution in [0.3, 0.4) is 0 Å². The molecule has 0 bridgehead atoms. The Labute approximate surface area is 143 Å². The van der Waals surface area contributed by atoms with Crippen LogP contribution in [0.4, 0.5) is 5.69 Å². The van der Waals surface area contributed by atoms with Crippen molar-refractivity contribution in [1.82, 2.24) is 9.78 Å². The first-order chi connectivity index (χ1) is 11.7. The molecule has 1 saturated carbocycles. The number of aryl methyl sites for hydroxylation is 1. The summed E-state index contributed by atoms with van der Waals surface area (Å²) in [5.74, 6) is 0.486. The number of hydrogen-bond acceptors (Lipinski definition) is 2. The highest BCUT2D eigenvalue weighted by molar-refractivity contribution is 5.96. The molecule has 24 heavy (non-hydrogen) atoms. The van der Waals surface area contributed by atoms with Gasteiger partial charge < -0.3 is 4.90 Å². The minimum atomic E-state index is 0.179. The predicted octanol–water partition coefficient (Wildman–Crippen LogP) is 3.83. The van der Waals surface area contributed by atoms with Gasteiger partial charge in [0.05, 0.1) is 12.7 Å². The van der Waals surface area contributed by atoms with E-state index in [1.165, 1.54) is 42.5 Å². The van der Waals surface area contributed by atoms with Crippen LogP contribution in [0.1, 0.15) is 55.3 Å². The molecule has 1 aromatic heterocycles. The van der Waals surface area contributed by atoms with E-state index in [-0.39, 0.29) is 5.92 Å². The van der Waals surface area contributed by atoms with Gasteiger partial charge in [0, 0.05) is 36.3 Å². The van der Waals surface area contributed by atoms with Gasteiger partial charge in [-0.2, -0.15) is 5.10 Å². The van der Waals surface area contributed by atoms with E-state index in [1.807, 2.05) is 28.9 Å². The average molecular weight is 323 g/mol. The number of amides is 1. The first-order valence-corrected chi connectivity index (χ1v) is 9.13. The summed E-state index contributed by atoms with van der Waals surface area (Å²) in [5, 5.41) is 4.41. The lowest BCUT2D eigenvalue weighted by atomic mass is 9.98. The number of rotatable bonds is 1. The quantitative estimate of drug-likeness (QED) is 0.748. The van der Waals surface area contributed by atoms with E-state index >= 15 is 0 Å². The maximum Gasteiger partial charge on any atom is 0.230 e. The number of hydrogen-bond donors (Lipinski definition) is 0. The minimum Gasteiger partial charge on any atom is -0.307 e. The first-order valence-electron chi connectivity index (χ1n) is 9.13. The summed E-state index contributed by atoms with van der Waals surface area (Å²) in [6, 6.07) is 8.35. The third-order valence-corrected chi connectivity index (χ3v) is 5.59. The maximum absolute atomic E-state index is 13.3. The average Bonchev–Trinajstić information content (AvgIpc) is 2.82. The normalized spacial score (nSPS) is 18.5. The largest absolute Gasteiger partial charge is 0.307 e. The zero-order valence-electron chi connectivity index (χ0n) is 14.4. The number of carbonyl (C=O) groups is 1. The summed E-state index contributed by atoms with van der Waals surface area (Å²) in [4.78, 5) is 15.4. The Hall–Kier alpha value is -2.10. The van der Waals surface area contributed by atoms with Gasteiger partial charge in [-0.25, -0.2) is 0 Å². The molecule has 2 aliphatic rings. The molecule has 126 valence electrons. The Bertz CT molecular complexity index is 741. The molecule has 4 heteroatoms. The highest BCUT2D eigenvalue weighted by atomic mass is 16.2. The van der Waals surface area contributed by atoms with Crippen LogP contribution in [0.2, 0.25) is 0 Å². The molecule has 1 fully saturated rings. The van der Waals surface area contributed by atoms with Crippen LogP contribution in [0.25, 0.3) is 0 Å². The lowest BCUT2D eigenvalue weighted by Gasteiger charge is -2.27. The lowest BCUT2D eigenvalue weighted by Crippen LogP contribution is -2.35. The van der Waals surface area contributed by atoms with E-state index in [0.717, 1.165) is 24.9 Å². The van der Waals surface area contributed by atoms with Gasteiger partial charge in [-0.15, -0.1) is 0 Å². The van der Waals surface area contributed by atoms with Gasteiger partial charge in [-0.1, -0.05) is 43.9 Å². The summed E-state index contributed by atoms with van der Waals surface area (Å²) in [7, 11) is 1.99. The first kappa shape index (κ1) is 15.4. The van der Waals surface area contributed by atoms with Gasteiger partial charge >= 0.3 is 0 Å². The number of fused-ring (bicyclic) bond motifs is 2. The van der Waals surface area contributed by atoms with E-state index in [2.05, 4.69) is 23.3 Å². The van der Waals surface area contributed by atoms with E-state index in [0.29, 0.717) is 12.5 Å². The number of nitrogens with zero attached hydrogens (tertiary/aromatic N) is 3. The molecular weight excluding hydrogens is 298 g/mol. The van der Waals surface area contributed by atoms with Crippen molar-refractivity contribution in [3.05, 3.63) is 47.3 Å². The topological polar surface area (TPSA) is 38.1 Å². The molecule has 0 atom stereocenters. The van der Waals surface area contributed by atoms with E-state index in [4.69, 9.17) is 0 Å². The second-order valence-corrected chi connectivity index (χ2v) is 7.16. The standard InChI is InChI=1S/C20H25N3O/c1-22-19-12-16-10-6-7-11-18(16)23(14-17(19)13-21-22)20(24)15-8-4-2-3-5-9-15/h6-7,10-11,13,15H,2-5,8-9,12,14H2,1H3.